The molecule has 188 valence electrons. The molecule has 1 spiro atoms. The third-order valence-corrected chi connectivity index (χ3v) is 7.69. The number of likely N-dealkylation sites (tertiary alicyclic amines) is 1. The number of Topliss-reactive ketones (excluding diaryl/α,β-unsaturated/α-hetero) is 1. The minimum atomic E-state index is -0.407. The molecular weight excluding hydrogens is 476 g/mol. The van der Waals surface area contributed by atoms with Gasteiger partial charge < -0.3 is 19.7 Å². The molecule has 0 bridgehead atoms. The van der Waals surface area contributed by atoms with E-state index in [1.807, 2.05) is 18.2 Å². The van der Waals surface area contributed by atoms with Crippen molar-refractivity contribution < 1.29 is 19.1 Å². The van der Waals surface area contributed by atoms with Crippen LogP contribution in [0.15, 0.2) is 48.2 Å². The average molecular weight is 507 g/mol. The summed E-state index contributed by atoms with van der Waals surface area (Å²) in [6, 6.07) is 9.22. The van der Waals surface area contributed by atoms with Crippen LogP contribution in [0.3, 0.4) is 0 Å². The van der Waals surface area contributed by atoms with Gasteiger partial charge >= 0.3 is 0 Å². The predicted molar refractivity (Wildman–Crippen MR) is 137 cm³/mol. The number of hydrogen-bond acceptors (Lipinski definition) is 8. The summed E-state index contributed by atoms with van der Waals surface area (Å²) in [4.78, 5) is 37.5. The highest BCUT2D eigenvalue weighted by Crippen LogP contribution is 2.40. The highest BCUT2D eigenvalue weighted by atomic mass is 32.1. The van der Waals surface area contributed by atoms with E-state index in [1.165, 1.54) is 11.3 Å². The smallest absolute Gasteiger partial charge is 0.253 e. The van der Waals surface area contributed by atoms with Crippen molar-refractivity contribution in [3.63, 3.8) is 0 Å². The third-order valence-electron chi connectivity index (χ3n) is 6.91. The number of ether oxygens (including phenoxy) is 2. The summed E-state index contributed by atoms with van der Waals surface area (Å²) in [5.74, 6) is 0.582. The second kappa shape index (κ2) is 10.9. The van der Waals surface area contributed by atoms with Crippen LogP contribution >= 0.6 is 11.3 Å². The van der Waals surface area contributed by atoms with Crippen LogP contribution < -0.4 is 10.1 Å². The largest absolute Gasteiger partial charge is 0.486 e. The van der Waals surface area contributed by atoms with Crippen LogP contribution in [0.2, 0.25) is 0 Å². The Morgan fingerprint density at radius 3 is 2.81 bits per heavy atom. The maximum atomic E-state index is 13.2. The molecule has 36 heavy (non-hydrogen) atoms. The van der Waals surface area contributed by atoms with Crippen LogP contribution in [0.1, 0.15) is 51.3 Å². The zero-order valence-electron chi connectivity index (χ0n) is 20.4. The molecule has 0 saturated carbocycles. The second-order valence-electron chi connectivity index (χ2n) is 9.37. The van der Waals surface area contributed by atoms with Crippen LogP contribution in [0.25, 0.3) is 11.3 Å². The molecule has 3 aromatic rings. The topological polar surface area (TPSA) is 93.7 Å². The molecule has 0 radical (unpaired) electrons. The highest BCUT2D eigenvalue weighted by molar-refractivity contribution is 7.09. The zero-order valence-corrected chi connectivity index (χ0v) is 21.2. The first-order valence-electron chi connectivity index (χ1n) is 12.2. The van der Waals surface area contributed by atoms with Gasteiger partial charge in [0.25, 0.3) is 5.91 Å². The number of fused-ring (bicyclic) bond motifs is 1. The number of carbonyl (C=O) groups is 2. The van der Waals surface area contributed by atoms with E-state index in [1.54, 1.807) is 37.1 Å². The molecule has 2 aliphatic heterocycles. The summed E-state index contributed by atoms with van der Waals surface area (Å²) >= 11 is 1.50. The first-order valence-corrected chi connectivity index (χ1v) is 13.1. The fourth-order valence-electron chi connectivity index (χ4n) is 4.85. The highest BCUT2D eigenvalue weighted by Gasteiger charge is 2.42. The van der Waals surface area contributed by atoms with Gasteiger partial charge in [-0.15, -0.1) is 11.3 Å². The monoisotopic (exact) mass is 506 g/mol. The second-order valence-corrected chi connectivity index (χ2v) is 10.3. The lowest BCUT2D eigenvalue weighted by molar-refractivity contribution is -0.0101. The number of aromatic nitrogens is 2. The summed E-state index contributed by atoms with van der Waals surface area (Å²) in [6.07, 6.45) is 6.41. The fourth-order valence-corrected chi connectivity index (χ4v) is 5.38. The number of benzene rings is 1. The normalized spacial score (nSPS) is 17.0. The number of piperidine rings is 1. The molecule has 5 rings (SSSR count). The maximum absolute atomic E-state index is 13.2. The molecule has 8 nitrogen and oxygen atoms in total. The van der Waals surface area contributed by atoms with Crippen molar-refractivity contribution in [2.24, 2.45) is 0 Å². The predicted octanol–water partition coefficient (Wildman–Crippen LogP) is 3.97. The number of thiazole rings is 1. The Morgan fingerprint density at radius 2 is 2.08 bits per heavy atom. The van der Waals surface area contributed by atoms with E-state index in [9.17, 15) is 9.59 Å². The van der Waals surface area contributed by atoms with Crippen molar-refractivity contribution in [1.82, 2.24) is 20.2 Å². The van der Waals surface area contributed by atoms with E-state index in [0.717, 1.165) is 55.9 Å². The Kier molecular flexibility index (Phi) is 7.41. The molecule has 0 atom stereocenters. The summed E-state index contributed by atoms with van der Waals surface area (Å²) < 4.78 is 11.6. The number of nitrogens with zero attached hydrogens (tertiary/aromatic N) is 3. The number of hydrogen-bond donors (Lipinski definition) is 1. The van der Waals surface area contributed by atoms with Gasteiger partial charge in [-0.2, -0.15) is 0 Å². The first kappa shape index (κ1) is 24.5. The van der Waals surface area contributed by atoms with Crippen molar-refractivity contribution in [3.05, 3.63) is 64.2 Å². The van der Waals surface area contributed by atoms with Gasteiger partial charge in [0.2, 0.25) is 0 Å². The summed E-state index contributed by atoms with van der Waals surface area (Å²) in [7, 11) is 1.73. The molecule has 0 aliphatic carbocycles. The number of ketones is 1. The quantitative estimate of drug-likeness (QED) is 0.462. The molecule has 1 fully saturated rings. The van der Waals surface area contributed by atoms with E-state index < -0.39 is 5.60 Å². The lowest BCUT2D eigenvalue weighted by Crippen LogP contribution is -2.51. The maximum Gasteiger partial charge on any atom is 0.253 e. The molecule has 0 unspecified atom stereocenters. The van der Waals surface area contributed by atoms with Crippen LogP contribution in [-0.4, -0.2) is 65.5 Å². The molecule has 1 N–H and O–H groups in total. The molecule has 1 aromatic carbocycles. The minimum Gasteiger partial charge on any atom is -0.486 e. The molecule has 4 heterocycles. The van der Waals surface area contributed by atoms with Gasteiger partial charge in [-0.1, -0.05) is 0 Å². The Labute approximate surface area is 214 Å². The molecule has 2 aromatic heterocycles. The van der Waals surface area contributed by atoms with E-state index in [2.05, 4.69) is 20.2 Å². The van der Waals surface area contributed by atoms with Crippen LogP contribution in [-0.2, 0) is 11.3 Å². The standard InChI is InChI=1S/C27H30N4O4S/c1-34-12-2-9-31-10-7-27(8-11-31)14-24(32)22-13-19(4-6-25(22)35-27)23-5-3-20(15-29-23)26(33)30-17-21-16-28-18-36-21/h3-6,13,15-16,18H,2,7-12,14,17H2,1H3,(H,30,33). The van der Waals surface area contributed by atoms with Gasteiger partial charge in [0.15, 0.2) is 5.78 Å². The number of methoxy groups -OCH3 is 1. The number of carbonyl (C=O) groups excluding carboxylic acids is 2. The van der Waals surface area contributed by atoms with Gasteiger partial charge in [0, 0.05) is 69.0 Å². The van der Waals surface area contributed by atoms with Crippen molar-refractivity contribution in [2.45, 2.75) is 37.8 Å². The molecule has 9 heteroatoms. The van der Waals surface area contributed by atoms with Crippen molar-refractivity contribution >= 4 is 23.0 Å². The van der Waals surface area contributed by atoms with Gasteiger partial charge in [0.1, 0.15) is 11.4 Å². The van der Waals surface area contributed by atoms with Crippen LogP contribution in [0, 0.1) is 0 Å². The molecule has 2 aliphatic rings. The minimum absolute atomic E-state index is 0.116. The van der Waals surface area contributed by atoms with Crippen LogP contribution in [0.4, 0.5) is 0 Å². The van der Waals surface area contributed by atoms with Crippen LogP contribution in [0.5, 0.6) is 5.75 Å². The number of amides is 1. The Hall–Kier alpha value is -3.14. The van der Waals surface area contributed by atoms with Gasteiger partial charge in [-0.3, -0.25) is 19.6 Å². The Bertz CT molecular complexity index is 1210. The zero-order chi connectivity index (χ0) is 25.0. The molecule has 1 saturated heterocycles. The first-order chi connectivity index (χ1) is 17.5. The summed E-state index contributed by atoms with van der Waals surface area (Å²) in [5.41, 5.74) is 3.95. The molecule has 1 amide bonds. The molecular formula is C27H30N4O4S. The fraction of sp³-hybridized carbons (Fsp3) is 0.407. The lowest BCUT2D eigenvalue weighted by atomic mass is 9.82. The lowest BCUT2D eigenvalue weighted by Gasteiger charge is -2.44. The summed E-state index contributed by atoms with van der Waals surface area (Å²) in [6.45, 7) is 4.07. The van der Waals surface area contributed by atoms with E-state index in [4.69, 9.17) is 9.47 Å². The van der Waals surface area contributed by atoms with Gasteiger partial charge in [-0.25, -0.2) is 0 Å². The van der Waals surface area contributed by atoms with Crippen molar-refractivity contribution in [2.75, 3.05) is 33.4 Å². The third kappa shape index (κ3) is 5.48. The van der Waals surface area contributed by atoms with E-state index in [-0.39, 0.29) is 11.7 Å². The van der Waals surface area contributed by atoms with Crippen molar-refractivity contribution in [3.8, 4) is 17.0 Å². The SMILES string of the molecule is COCCCN1CCC2(CC1)CC(=O)c1cc(-c3ccc(C(=O)NCc4cncs4)cn3)ccc1O2. The van der Waals surface area contributed by atoms with Gasteiger partial charge in [0.05, 0.1) is 35.3 Å². The number of nitrogens with one attached hydrogen (secondary N) is 1. The average Bonchev–Trinajstić information content (AvgIpc) is 3.42. The van der Waals surface area contributed by atoms with E-state index in [0.29, 0.717) is 35.5 Å². The number of pyridine rings is 1. The van der Waals surface area contributed by atoms with E-state index >= 15 is 0 Å². The Morgan fingerprint density at radius 1 is 1.22 bits per heavy atom. The number of rotatable bonds is 8. The summed E-state index contributed by atoms with van der Waals surface area (Å²) in [5, 5.41) is 2.87. The van der Waals surface area contributed by atoms with Crippen molar-refractivity contribution in [1.29, 1.82) is 0 Å². The Balaban J connectivity index is 1.23. The van der Waals surface area contributed by atoms with Gasteiger partial charge in [-0.05, 0) is 36.8 Å².